The SMILES string of the molecule is Cc1csc(COc2ccc(CNC3CC3)cc2Cl)n1. The maximum atomic E-state index is 6.26. The second-order valence-corrected chi connectivity index (χ2v) is 6.44. The van der Waals surface area contributed by atoms with Crippen molar-refractivity contribution in [2.24, 2.45) is 0 Å². The van der Waals surface area contributed by atoms with Gasteiger partial charge in [0, 0.05) is 23.7 Å². The smallest absolute Gasteiger partial charge is 0.140 e. The molecule has 1 aliphatic rings. The predicted octanol–water partition coefficient (Wildman–Crippen LogP) is 3.94. The highest BCUT2D eigenvalue weighted by Gasteiger charge is 2.20. The molecule has 1 aromatic heterocycles. The van der Waals surface area contributed by atoms with Crippen LogP contribution in [0.15, 0.2) is 23.6 Å². The van der Waals surface area contributed by atoms with Crippen molar-refractivity contribution in [2.75, 3.05) is 0 Å². The first-order chi connectivity index (χ1) is 9.70. The van der Waals surface area contributed by atoms with Gasteiger partial charge < -0.3 is 10.1 Å². The Kier molecular flexibility index (Phi) is 4.24. The molecule has 2 aromatic rings. The van der Waals surface area contributed by atoms with Gasteiger partial charge in [0.05, 0.1) is 5.02 Å². The van der Waals surface area contributed by atoms with E-state index >= 15 is 0 Å². The molecule has 1 N–H and O–H groups in total. The third kappa shape index (κ3) is 3.72. The van der Waals surface area contributed by atoms with Gasteiger partial charge in [-0.15, -0.1) is 11.3 Å². The number of thiazole rings is 1. The normalized spacial score (nSPS) is 14.5. The lowest BCUT2D eigenvalue weighted by molar-refractivity contribution is 0.305. The number of benzene rings is 1. The number of ether oxygens (including phenoxy) is 1. The molecule has 0 spiro atoms. The monoisotopic (exact) mass is 308 g/mol. The number of hydrogen-bond donors (Lipinski definition) is 1. The summed E-state index contributed by atoms with van der Waals surface area (Å²) in [6.45, 7) is 3.32. The van der Waals surface area contributed by atoms with Gasteiger partial charge in [0.2, 0.25) is 0 Å². The number of nitrogens with zero attached hydrogens (tertiary/aromatic N) is 1. The lowest BCUT2D eigenvalue weighted by atomic mass is 10.2. The van der Waals surface area contributed by atoms with E-state index in [1.165, 1.54) is 18.4 Å². The zero-order valence-electron chi connectivity index (χ0n) is 11.4. The van der Waals surface area contributed by atoms with Crippen LogP contribution in [-0.4, -0.2) is 11.0 Å². The van der Waals surface area contributed by atoms with Crippen molar-refractivity contribution < 1.29 is 4.74 Å². The highest BCUT2D eigenvalue weighted by atomic mass is 35.5. The van der Waals surface area contributed by atoms with Gasteiger partial charge in [-0.3, -0.25) is 0 Å². The van der Waals surface area contributed by atoms with Gasteiger partial charge in [0.15, 0.2) is 0 Å². The summed E-state index contributed by atoms with van der Waals surface area (Å²) in [5.41, 5.74) is 2.22. The number of hydrogen-bond acceptors (Lipinski definition) is 4. The van der Waals surface area contributed by atoms with Gasteiger partial charge in [-0.2, -0.15) is 0 Å². The Labute approximate surface area is 127 Å². The number of aryl methyl sites for hydroxylation is 1. The fraction of sp³-hybridized carbons (Fsp3) is 0.400. The fourth-order valence-electron chi connectivity index (χ4n) is 1.93. The number of nitrogens with one attached hydrogen (secondary N) is 1. The molecule has 0 atom stereocenters. The summed E-state index contributed by atoms with van der Waals surface area (Å²) in [6, 6.07) is 6.67. The van der Waals surface area contributed by atoms with E-state index in [-0.39, 0.29) is 0 Å². The Balaban J connectivity index is 1.58. The average Bonchev–Trinajstić information content (AvgIpc) is 3.17. The summed E-state index contributed by atoms with van der Waals surface area (Å²) < 4.78 is 5.72. The minimum atomic E-state index is 0.470. The molecule has 106 valence electrons. The molecule has 1 aliphatic carbocycles. The average molecular weight is 309 g/mol. The van der Waals surface area contributed by atoms with E-state index in [4.69, 9.17) is 16.3 Å². The molecule has 0 bridgehead atoms. The highest BCUT2D eigenvalue weighted by Crippen LogP contribution is 2.27. The number of aromatic nitrogens is 1. The predicted molar refractivity (Wildman–Crippen MR) is 82.5 cm³/mol. The van der Waals surface area contributed by atoms with Crippen molar-refractivity contribution in [1.82, 2.24) is 10.3 Å². The Hall–Kier alpha value is -1.10. The number of halogens is 1. The van der Waals surface area contributed by atoms with Crippen molar-refractivity contribution in [2.45, 2.75) is 39.0 Å². The van der Waals surface area contributed by atoms with Crippen LogP contribution in [0.3, 0.4) is 0 Å². The van der Waals surface area contributed by atoms with Gasteiger partial charge in [-0.25, -0.2) is 4.98 Å². The molecule has 1 heterocycles. The maximum absolute atomic E-state index is 6.26. The van der Waals surface area contributed by atoms with E-state index in [1.54, 1.807) is 11.3 Å². The van der Waals surface area contributed by atoms with Crippen molar-refractivity contribution in [1.29, 1.82) is 0 Å². The quantitative estimate of drug-likeness (QED) is 0.878. The lowest BCUT2D eigenvalue weighted by Gasteiger charge is -2.09. The topological polar surface area (TPSA) is 34.1 Å². The van der Waals surface area contributed by atoms with Crippen LogP contribution in [0.5, 0.6) is 5.75 Å². The zero-order chi connectivity index (χ0) is 13.9. The molecule has 0 amide bonds. The molecule has 1 saturated carbocycles. The van der Waals surface area contributed by atoms with Crippen LogP contribution in [0, 0.1) is 6.92 Å². The first-order valence-corrected chi connectivity index (χ1v) is 8.02. The Morgan fingerprint density at radius 3 is 2.95 bits per heavy atom. The summed E-state index contributed by atoms with van der Waals surface area (Å²) >= 11 is 7.87. The van der Waals surface area contributed by atoms with Crippen molar-refractivity contribution in [3.63, 3.8) is 0 Å². The molecule has 20 heavy (non-hydrogen) atoms. The minimum absolute atomic E-state index is 0.470. The number of rotatable bonds is 6. The van der Waals surface area contributed by atoms with Gasteiger partial charge in [-0.05, 0) is 37.5 Å². The third-order valence-electron chi connectivity index (χ3n) is 3.19. The largest absolute Gasteiger partial charge is 0.485 e. The molecule has 1 fully saturated rings. The standard InChI is InChI=1S/C15H17ClN2OS/c1-10-9-20-15(18-10)8-19-14-5-2-11(6-13(14)16)7-17-12-3-4-12/h2,5-6,9,12,17H,3-4,7-8H2,1H3. The summed E-state index contributed by atoms with van der Waals surface area (Å²) in [5.74, 6) is 0.717. The van der Waals surface area contributed by atoms with Crippen LogP contribution in [0.2, 0.25) is 5.02 Å². The van der Waals surface area contributed by atoms with Gasteiger partial charge in [0.1, 0.15) is 17.4 Å². The van der Waals surface area contributed by atoms with Crippen LogP contribution in [0.4, 0.5) is 0 Å². The van der Waals surface area contributed by atoms with E-state index in [1.807, 2.05) is 24.4 Å². The molecule has 3 nitrogen and oxygen atoms in total. The molecule has 3 rings (SSSR count). The second-order valence-electron chi connectivity index (χ2n) is 5.09. The van der Waals surface area contributed by atoms with E-state index in [2.05, 4.69) is 16.4 Å². The van der Waals surface area contributed by atoms with Crippen LogP contribution >= 0.6 is 22.9 Å². The van der Waals surface area contributed by atoms with Gasteiger partial charge >= 0.3 is 0 Å². The molecule has 1 aromatic carbocycles. The first kappa shape index (κ1) is 13.9. The van der Waals surface area contributed by atoms with Crippen LogP contribution in [0.1, 0.15) is 29.1 Å². The van der Waals surface area contributed by atoms with E-state index in [9.17, 15) is 0 Å². The molecule has 0 unspecified atom stereocenters. The van der Waals surface area contributed by atoms with E-state index in [0.29, 0.717) is 17.7 Å². The third-order valence-corrected chi connectivity index (χ3v) is 4.42. The molecule has 0 aliphatic heterocycles. The Morgan fingerprint density at radius 1 is 1.45 bits per heavy atom. The Morgan fingerprint density at radius 2 is 2.30 bits per heavy atom. The van der Waals surface area contributed by atoms with Crippen molar-refractivity contribution in [3.8, 4) is 5.75 Å². The lowest BCUT2D eigenvalue weighted by Crippen LogP contribution is -2.15. The van der Waals surface area contributed by atoms with Gasteiger partial charge in [-0.1, -0.05) is 17.7 Å². The van der Waals surface area contributed by atoms with Crippen molar-refractivity contribution in [3.05, 3.63) is 44.9 Å². The summed E-state index contributed by atoms with van der Waals surface area (Å²) in [4.78, 5) is 4.37. The van der Waals surface area contributed by atoms with Crippen molar-refractivity contribution >= 4 is 22.9 Å². The first-order valence-electron chi connectivity index (χ1n) is 6.76. The molecular weight excluding hydrogens is 292 g/mol. The minimum Gasteiger partial charge on any atom is -0.485 e. The molecule has 5 heteroatoms. The maximum Gasteiger partial charge on any atom is 0.140 e. The van der Waals surface area contributed by atoms with Crippen LogP contribution < -0.4 is 10.1 Å². The van der Waals surface area contributed by atoms with E-state index in [0.717, 1.165) is 23.0 Å². The molecule has 0 saturated heterocycles. The van der Waals surface area contributed by atoms with Gasteiger partial charge in [0.25, 0.3) is 0 Å². The highest BCUT2D eigenvalue weighted by molar-refractivity contribution is 7.09. The van der Waals surface area contributed by atoms with Crippen LogP contribution in [-0.2, 0) is 13.2 Å². The zero-order valence-corrected chi connectivity index (χ0v) is 12.9. The molecule has 0 radical (unpaired) electrons. The van der Waals surface area contributed by atoms with E-state index < -0.39 is 0 Å². The second kappa shape index (κ2) is 6.12. The summed E-state index contributed by atoms with van der Waals surface area (Å²) in [7, 11) is 0. The summed E-state index contributed by atoms with van der Waals surface area (Å²) in [5, 5.41) is 7.12. The molecular formula is C15H17ClN2OS. The summed E-state index contributed by atoms with van der Waals surface area (Å²) in [6.07, 6.45) is 2.59. The van der Waals surface area contributed by atoms with Crippen LogP contribution in [0.25, 0.3) is 0 Å². The fourth-order valence-corrected chi connectivity index (χ4v) is 2.87. The Bertz CT molecular complexity index is 595.